The molecule has 0 saturated carbocycles. The van der Waals surface area contributed by atoms with Crippen molar-refractivity contribution in [3.63, 3.8) is 0 Å². The Hall–Kier alpha value is -2.92. The van der Waals surface area contributed by atoms with Crippen LogP contribution in [0.3, 0.4) is 0 Å². The fraction of sp³-hybridized carbons (Fsp3) is 0.238. The highest BCUT2D eigenvalue weighted by molar-refractivity contribution is 5.98. The second kappa shape index (κ2) is 7.14. The van der Waals surface area contributed by atoms with Crippen molar-refractivity contribution in [3.8, 4) is 11.1 Å². The normalized spacial score (nSPS) is 22.1. The molecule has 1 amide bonds. The molecule has 2 aromatic carbocycles. The Balaban J connectivity index is 1.83. The van der Waals surface area contributed by atoms with E-state index in [1.54, 1.807) is 21.0 Å². The van der Waals surface area contributed by atoms with Crippen LogP contribution in [0.5, 0.6) is 0 Å². The highest BCUT2D eigenvalue weighted by Gasteiger charge is 2.40. The molecule has 0 bridgehead atoms. The number of carbonyl (C=O) groups is 2. The lowest BCUT2D eigenvalue weighted by atomic mass is 9.88. The molecule has 0 fully saturated rings. The van der Waals surface area contributed by atoms with Crippen molar-refractivity contribution < 1.29 is 19.1 Å². The van der Waals surface area contributed by atoms with Gasteiger partial charge in [-0.3, -0.25) is 4.79 Å². The first kappa shape index (κ1) is 17.9. The van der Waals surface area contributed by atoms with Gasteiger partial charge in [0.2, 0.25) is 6.29 Å². The van der Waals surface area contributed by atoms with E-state index < -0.39 is 18.0 Å². The smallest absolute Gasteiger partial charge is 0.411 e. The maximum absolute atomic E-state index is 12.5. The fourth-order valence-electron chi connectivity index (χ4n) is 2.74. The van der Waals surface area contributed by atoms with Crippen LogP contribution in [0.25, 0.3) is 11.1 Å². The molecule has 26 heavy (non-hydrogen) atoms. The first-order valence-electron chi connectivity index (χ1n) is 8.34. The molecule has 0 unspecified atom stereocenters. The average molecular weight is 351 g/mol. The molecule has 0 spiro atoms. The number of hydrogen-bond acceptors (Lipinski definition) is 4. The molecule has 0 N–H and O–H groups in total. The minimum absolute atomic E-state index is 0.192. The van der Waals surface area contributed by atoms with E-state index in [0.717, 1.165) is 11.1 Å². The first-order valence-corrected chi connectivity index (χ1v) is 8.34. The maximum atomic E-state index is 12.5. The Kier molecular flexibility index (Phi) is 4.91. The lowest BCUT2D eigenvalue weighted by Crippen LogP contribution is -2.43. The van der Waals surface area contributed by atoms with E-state index in [-0.39, 0.29) is 5.78 Å². The second-order valence-corrected chi connectivity index (χ2v) is 6.46. The van der Waals surface area contributed by atoms with Crippen LogP contribution in [-0.2, 0) is 19.9 Å². The van der Waals surface area contributed by atoms with Crippen molar-refractivity contribution in [1.82, 2.24) is 4.90 Å². The van der Waals surface area contributed by atoms with Crippen LogP contribution in [0.2, 0.25) is 0 Å². The van der Waals surface area contributed by atoms with Gasteiger partial charge in [-0.1, -0.05) is 54.6 Å². The average Bonchev–Trinajstić information content (AvgIpc) is 2.65. The zero-order valence-electron chi connectivity index (χ0n) is 15.0. The van der Waals surface area contributed by atoms with Gasteiger partial charge in [0.05, 0.1) is 0 Å². The largest absolute Gasteiger partial charge is 0.416 e. The molecule has 1 heterocycles. The number of carbonyl (C=O) groups excluding carboxylic acids is 2. The van der Waals surface area contributed by atoms with E-state index in [1.165, 1.54) is 17.1 Å². The molecule has 0 aromatic heterocycles. The van der Waals surface area contributed by atoms with Gasteiger partial charge in [0.15, 0.2) is 11.4 Å². The van der Waals surface area contributed by atoms with E-state index in [2.05, 4.69) is 0 Å². The third kappa shape index (κ3) is 3.53. The van der Waals surface area contributed by atoms with Gasteiger partial charge in [0.25, 0.3) is 0 Å². The molecule has 5 nitrogen and oxygen atoms in total. The predicted octanol–water partition coefficient (Wildman–Crippen LogP) is 3.75. The number of nitrogens with zero attached hydrogens (tertiary/aromatic N) is 1. The lowest BCUT2D eigenvalue weighted by Gasteiger charge is -2.34. The number of rotatable bonds is 3. The fourth-order valence-corrected chi connectivity index (χ4v) is 2.74. The van der Waals surface area contributed by atoms with Gasteiger partial charge < -0.3 is 14.4 Å². The summed E-state index contributed by atoms with van der Waals surface area (Å²) in [5.41, 5.74) is 1.64. The third-order valence-electron chi connectivity index (χ3n) is 4.35. The van der Waals surface area contributed by atoms with Gasteiger partial charge in [-0.15, -0.1) is 0 Å². The topological polar surface area (TPSA) is 55.8 Å². The number of amides is 1. The summed E-state index contributed by atoms with van der Waals surface area (Å²) < 4.78 is 11.1. The zero-order chi connectivity index (χ0) is 18.7. The highest BCUT2D eigenvalue weighted by Crippen LogP contribution is 2.33. The first-order chi connectivity index (χ1) is 12.4. The Labute approximate surface area is 152 Å². The van der Waals surface area contributed by atoms with Crippen LogP contribution >= 0.6 is 0 Å². The highest BCUT2D eigenvalue weighted by atomic mass is 16.7. The lowest BCUT2D eigenvalue weighted by molar-refractivity contribution is -0.179. The SMILES string of the molecule is CN(C)C(=O)O[C@@H]1C=CC(=O)[C@](C)(c2ccc(-c3ccccc3)cc2)O1. The molecule has 3 rings (SSSR count). The second-order valence-electron chi connectivity index (χ2n) is 6.46. The summed E-state index contributed by atoms with van der Waals surface area (Å²) in [5, 5.41) is 0. The molecule has 1 aliphatic heterocycles. The summed E-state index contributed by atoms with van der Waals surface area (Å²) in [6, 6.07) is 17.6. The van der Waals surface area contributed by atoms with Gasteiger partial charge in [-0.2, -0.15) is 0 Å². The monoisotopic (exact) mass is 351 g/mol. The van der Waals surface area contributed by atoms with E-state index >= 15 is 0 Å². The van der Waals surface area contributed by atoms with Crippen LogP contribution < -0.4 is 0 Å². The van der Waals surface area contributed by atoms with E-state index in [9.17, 15) is 9.59 Å². The Morgan fingerprint density at radius 3 is 2.27 bits per heavy atom. The van der Waals surface area contributed by atoms with Crippen molar-refractivity contribution >= 4 is 11.9 Å². The zero-order valence-corrected chi connectivity index (χ0v) is 15.0. The van der Waals surface area contributed by atoms with Crippen LogP contribution in [0.15, 0.2) is 66.7 Å². The Morgan fingerprint density at radius 1 is 1.04 bits per heavy atom. The van der Waals surface area contributed by atoms with Gasteiger partial charge in [-0.05, 0) is 35.8 Å². The summed E-state index contributed by atoms with van der Waals surface area (Å²) in [7, 11) is 3.17. The van der Waals surface area contributed by atoms with Crippen molar-refractivity contribution in [3.05, 3.63) is 72.3 Å². The summed E-state index contributed by atoms with van der Waals surface area (Å²) in [6.45, 7) is 1.69. The molecule has 0 saturated heterocycles. The van der Waals surface area contributed by atoms with Crippen molar-refractivity contribution in [2.75, 3.05) is 14.1 Å². The minimum Gasteiger partial charge on any atom is -0.416 e. The van der Waals surface area contributed by atoms with Gasteiger partial charge >= 0.3 is 6.09 Å². The van der Waals surface area contributed by atoms with Gasteiger partial charge in [-0.25, -0.2) is 4.79 Å². The molecule has 2 aromatic rings. The number of benzene rings is 2. The van der Waals surface area contributed by atoms with Crippen molar-refractivity contribution in [2.45, 2.75) is 18.8 Å². The molecular formula is C21H21NO4. The summed E-state index contributed by atoms with van der Waals surface area (Å²) in [5.74, 6) is -0.192. The van der Waals surface area contributed by atoms with Crippen molar-refractivity contribution in [2.24, 2.45) is 0 Å². The molecule has 134 valence electrons. The maximum Gasteiger partial charge on any atom is 0.411 e. The molecule has 5 heteroatoms. The number of ketones is 1. The Bertz CT molecular complexity index is 827. The van der Waals surface area contributed by atoms with Crippen molar-refractivity contribution in [1.29, 1.82) is 0 Å². The van der Waals surface area contributed by atoms with Gasteiger partial charge in [0, 0.05) is 14.1 Å². The van der Waals surface area contributed by atoms with E-state index in [4.69, 9.17) is 9.47 Å². The number of ether oxygens (including phenoxy) is 2. The summed E-state index contributed by atoms with van der Waals surface area (Å²) >= 11 is 0. The van der Waals surface area contributed by atoms with E-state index in [1.807, 2.05) is 54.6 Å². The Morgan fingerprint density at radius 2 is 1.65 bits per heavy atom. The van der Waals surface area contributed by atoms with Crippen LogP contribution in [0.4, 0.5) is 4.79 Å². The third-order valence-corrected chi connectivity index (χ3v) is 4.35. The number of hydrogen-bond donors (Lipinski definition) is 0. The summed E-state index contributed by atoms with van der Waals surface area (Å²) in [6.07, 6.45) is 1.41. The molecule has 0 aliphatic carbocycles. The van der Waals surface area contributed by atoms with Crippen LogP contribution in [-0.4, -0.2) is 37.2 Å². The predicted molar refractivity (Wildman–Crippen MR) is 98.4 cm³/mol. The van der Waals surface area contributed by atoms with Crippen LogP contribution in [0, 0.1) is 0 Å². The van der Waals surface area contributed by atoms with E-state index in [0.29, 0.717) is 5.56 Å². The molecule has 0 radical (unpaired) electrons. The minimum atomic E-state index is -1.21. The van der Waals surface area contributed by atoms with Crippen LogP contribution in [0.1, 0.15) is 12.5 Å². The summed E-state index contributed by atoms with van der Waals surface area (Å²) in [4.78, 5) is 25.5. The quantitative estimate of drug-likeness (QED) is 0.845. The van der Waals surface area contributed by atoms with Gasteiger partial charge in [0.1, 0.15) is 0 Å². The molecule has 2 atom stereocenters. The standard InChI is InChI=1S/C21H21NO4/c1-21(18(23)13-14-19(26-21)25-20(24)22(2)3)17-11-9-16(10-12-17)15-7-5-4-6-8-15/h4-14,19H,1-3H3/t19-,21-/m0/s1. The molecule has 1 aliphatic rings. The molecular weight excluding hydrogens is 330 g/mol.